The zero-order valence-corrected chi connectivity index (χ0v) is 8.65. The van der Waals surface area contributed by atoms with Gasteiger partial charge in [0.05, 0.1) is 18.1 Å². The van der Waals surface area contributed by atoms with Crippen molar-refractivity contribution in [3.8, 4) is 0 Å². The highest BCUT2D eigenvalue weighted by molar-refractivity contribution is 5.10. The van der Waals surface area contributed by atoms with Crippen LogP contribution in [-0.2, 0) is 0 Å². The molecule has 1 rings (SSSR count). The molecule has 0 saturated heterocycles. The molecule has 4 nitrogen and oxygen atoms in total. The smallest absolute Gasteiger partial charge is 0.271 e. The van der Waals surface area contributed by atoms with Crippen LogP contribution in [0.3, 0.4) is 0 Å². The fraction of sp³-hybridized carbons (Fsp3) is 0.556. The minimum Gasteiger partial charge on any atom is -0.393 e. The first kappa shape index (κ1) is 12.9. The monoisotopic (exact) mass is 236 g/mol. The Labute approximate surface area is 89.8 Å². The van der Waals surface area contributed by atoms with Gasteiger partial charge in [0.1, 0.15) is 5.69 Å². The molecule has 0 bridgehead atoms. The Hall–Kier alpha value is -1.21. The van der Waals surface area contributed by atoms with Crippen molar-refractivity contribution < 1.29 is 23.4 Å². The van der Waals surface area contributed by atoms with Crippen LogP contribution < -0.4 is 0 Å². The van der Waals surface area contributed by atoms with Gasteiger partial charge in [0.25, 0.3) is 11.9 Å². The van der Waals surface area contributed by atoms with Crippen molar-refractivity contribution in [3.05, 3.63) is 23.5 Å². The molecular formula is C9H11F3N2O2. The van der Waals surface area contributed by atoms with Gasteiger partial charge in [-0.15, -0.1) is 0 Å². The molecule has 2 N–H and O–H groups in total. The second kappa shape index (κ2) is 4.75. The van der Waals surface area contributed by atoms with Gasteiger partial charge in [0.15, 0.2) is 0 Å². The molecule has 0 aromatic carbocycles. The number of hydrogen-bond donors (Lipinski definition) is 2. The van der Waals surface area contributed by atoms with Crippen LogP contribution in [0.4, 0.5) is 13.2 Å². The zero-order valence-electron chi connectivity index (χ0n) is 8.65. The largest absolute Gasteiger partial charge is 0.393 e. The molecule has 0 radical (unpaired) electrons. The first-order chi connectivity index (χ1) is 7.34. The summed E-state index contributed by atoms with van der Waals surface area (Å²) in [6, 6.07) is 0. The molecule has 0 fully saturated rings. The number of rotatable bonds is 3. The SMILES string of the molecule is CC(O)C(c1nc(F)c(F)nc1F)C(C)O. The molecule has 2 unspecified atom stereocenters. The number of halogens is 3. The van der Waals surface area contributed by atoms with Gasteiger partial charge in [-0.2, -0.15) is 18.2 Å². The molecule has 0 saturated carbocycles. The number of aliphatic hydroxyl groups excluding tert-OH is 2. The molecule has 1 heterocycles. The van der Waals surface area contributed by atoms with Gasteiger partial charge in [-0.3, -0.25) is 0 Å². The predicted molar refractivity (Wildman–Crippen MR) is 48.0 cm³/mol. The lowest BCUT2D eigenvalue weighted by atomic mass is 9.94. The second-order valence-electron chi connectivity index (χ2n) is 3.49. The molecule has 1 aromatic heterocycles. The lowest BCUT2D eigenvalue weighted by molar-refractivity contribution is 0.0680. The van der Waals surface area contributed by atoms with Crippen molar-refractivity contribution in [2.24, 2.45) is 0 Å². The number of hydrogen-bond acceptors (Lipinski definition) is 4. The highest BCUT2D eigenvalue weighted by atomic mass is 19.2. The van der Waals surface area contributed by atoms with E-state index in [0.717, 1.165) is 0 Å². The fourth-order valence-electron chi connectivity index (χ4n) is 1.46. The summed E-state index contributed by atoms with van der Waals surface area (Å²) in [4.78, 5) is 5.68. The molecule has 0 spiro atoms. The van der Waals surface area contributed by atoms with E-state index in [0.29, 0.717) is 0 Å². The van der Waals surface area contributed by atoms with E-state index < -0.39 is 41.7 Å². The first-order valence-electron chi connectivity index (χ1n) is 4.59. The maximum atomic E-state index is 13.2. The molecule has 0 aliphatic heterocycles. The quantitative estimate of drug-likeness (QED) is 0.812. The van der Waals surface area contributed by atoms with E-state index in [4.69, 9.17) is 0 Å². The Bertz CT molecular complexity index is 377. The highest BCUT2D eigenvalue weighted by Crippen LogP contribution is 2.24. The summed E-state index contributed by atoms with van der Waals surface area (Å²) in [5, 5.41) is 18.6. The van der Waals surface area contributed by atoms with Gasteiger partial charge in [-0.05, 0) is 13.8 Å². The predicted octanol–water partition coefficient (Wildman–Crippen LogP) is 0.739. The number of aromatic nitrogens is 2. The minimum atomic E-state index is -1.66. The third-order valence-corrected chi connectivity index (χ3v) is 2.15. The Morgan fingerprint density at radius 3 is 1.75 bits per heavy atom. The Morgan fingerprint density at radius 1 is 0.875 bits per heavy atom. The number of aliphatic hydroxyl groups is 2. The van der Waals surface area contributed by atoms with Crippen molar-refractivity contribution >= 4 is 0 Å². The summed E-state index contributed by atoms with van der Waals surface area (Å²) in [6.07, 6.45) is -2.35. The lowest BCUT2D eigenvalue weighted by Gasteiger charge is -2.22. The van der Waals surface area contributed by atoms with E-state index in [1.807, 2.05) is 0 Å². The maximum absolute atomic E-state index is 13.2. The normalized spacial score (nSPS) is 16.9. The van der Waals surface area contributed by atoms with Crippen molar-refractivity contribution in [3.63, 3.8) is 0 Å². The van der Waals surface area contributed by atoms with Crippen LogP contribution in [0.5, 0.6) is 0 Å². The lowest BCUT2D eigenvalue weighted by Crippen LogP contribution is -2.28. The first-order valence-corrected chi connectivity index (χ1v) is 4.59. The summed E-state index contributed by atoms with van der Waals surface area (Å²) in [5.41, 5.74) is -0.594. The third-order valence-electron chi connectivity index (χ3n) is 2.15. The molecule has 1 aromatic rings. The van der Waals surface area contributed by atoms with Crippen LogP contribution >= 0.6 is 0 Å². The third kappa shape index (κ3) is 2.48. The van der Waals surface area contributed by atoms with E-state index in [1.165, 1.54) is 13.8 Å². The fourth-order valence-corrected chi connectivity index (χ4v) is 1.46. The molecule has 0 aliphatic rings. The van der Waals surface area contributed by atoms with Gasteiger partial charge < -0.3 is 10.2 Å². The van der Waals surface area contributed by atoms with Gasteiger partial charge in [0.2, 0.25) is 5.95 Å². The van der Waals surface area contributed by atoms with E-state index in [1.54, 1.807) is 0 Å². The Balaban J connectivity index is 3.24. The van der Waals surface area contributed by atoms with Crippen LogP contribution in [0.1, 0.15) is 25.5 Å². The average molecular weight is 236 g/mol. The van der Waals surface area contributed by atoms with Gasteiger partial charge >= 0.3 is 0 Å². The topological polar surface area (TPSA) is 66.2 Å². The molecule has 7 heteroatoms. The van der Waals surface area contributed by atoms with Gasteiger partial charge in [-0.25, -0.2) is 4.98 Å². The summed E-state index contributed by atoms with van der Waals surface area (Å²) in [5.74, 6) is -5.73. The molecule has 90 valence electrons. The van der Waals surface area contributed by atoms with Crippen LogP contribution in [0.15, 0.2) is 0 Å². The molecule has 0 aliphatic carbocycles. The zero-order chi connectivity index (χ0) is 12.5. The number of nitrogens with zero attached hydrogens (tertiary/aromatic N) is 2. The standard InChI is InChI=1S/C9H11F3N2O2/c1-3(15)5(4(2)16)6-7(10)14-9(12)8(11)13-6/h3-5,15-16H,1-2H3. The van der Waals surface area contributed by atoms with E-state index in [-0.39, 0.29) is 0 Å². The molecule has 0 amide bonds. The van der Waals surface area contributed by atoms with Crippen LogP contribution in [0.2, 0.25) is 0 Å². The average Bonchev–Trinajstić information content (AvgIpc) is 2.12. The van der Waals surface area contributed by atoms with Crippen LogP contribution in [-0.4, -0.2) is 32.4 Å². The Morgan fingerprint density at radius 2 is 1.31 bits per heavy atom. The maximum Gasteiger partial charge on any atom is 0.271 e. The summed E-state index contributed by atoms with van der Waals surface area (Å²) < 4.78 is 38.5. The summed E-state index contributed by atoms with van der Waals surface area (Å²) >= 11 is 0. The van der Waals surface area contributed by atoms with E-state index >= 15 is 0 Å². The van der Waals surface area contributed by atoms with Gasteiger partial charge in [-0.1, -0.05) is 0 Å². The van der Waals surface area contributed by atoms with Gasteiger partial charge in [0, 0.05) is 0 Å². The molecule has 16 heavy (non-hydrogen) atoms. The van der Waals surface area contributed by atoms with Crippen LogP contribution in [0.25, 0.3) is 0 Å². The molecule has 2 atom stereocenters. The molecular weight excluding hydrogens is 225 g/mol. The van der Waals surface area contributed by atoms with E-state index in [2.05, 4.69) is 9.97 Å². The van der Waals surface area contributed by atoms with Crippen molar-refractivity contribution in [1.82, 2.24) is 9.97 Å². The van der Waals surface area contributed by atoms with Crippen LogP contribution in [0, 0.1) is 17.8 Å². The Kier molecular flexibility index (Phi) is 3.82. The highest BCUT2D eigenvalue weighted by Gasteiger charge is 2.29. The van der Waals surface area contributed by atoms with Crippen molar-refractivity contribution in [2.75, 3.05) is 0 Å². The summed E-state index contributed by atoms with van der Waals surface area (Å²) in [6.45, 7) is 2.56. The summed E-state index contributed by atoms with van der Waals surface area (Å²) in [7, 11) is 0. The van der Waals surface area contributed by atoms with Crippen molar-refractivity contribution in [1.29, 1.82) is 0 Å². The minimum absolute atomic E-state index is 0.594. The van der Waals surface area contributed by atoms with E-state index in [9.17, 15) is 23.4 Å². The second-order valence-corrected chi connectivity index (χ2v) is 3.49. The van der Waals surface area contributed by atoms with Crippen molar-refractivity contribution in [2.45, 2.75) is 32.0 Å².